The van der Waals surface area contributed by atoms with Crippen molar-refractivity contribution in [2.24, 2.45) is 0 Å². The van der Waals surface area contributed by atoms with Gasteiger partial charge in [0.05, 0.1) is 12.2 Å². The zero-order valence-electron chi connectivity index (χ0n) is 9.01. The third-order valence-corrected chi connectivity index (χ3v) is 2.35. The van der Waals surface area contributed by atoms with Crippen LogP contribution in [0.2, 0.25) is 0 Å². The molecule has 0 N–H and O–H groups in total. The van der Waals surface area contributed by atoms with Crippen molar-refractivity contribution in [3.63, 3.8) is 0 Å². The summed E-state index contributed by atoms with van der Waals surface area (Å²) in [5.41, 5.74) is -0.116. The van der Waals surface area contributed by atoms with Crippen molar-refractivity contribution in [3.8, 4) is 0 Å². The number of hydrogen-bond acceptors (Lipinski definition) is 2. The van der Waals surface area contributed by atoms with Crippen LogP contribution in [-0.4, -0.2) is 42.9 Å². The molecule has 0 aromatic rings. The molecule has 0 aliphatic carbocycles. The second-order valence-corrected chi connectivity index (χ2v) is 4.85. The highest BCUT2D eigenvalue weighted by Gasteiger charge is 2.30. The minimum absolute atomic E-state index is 0.116. The zero-order chi connectivity index (χ0) is 10.1. The van der Waals surface area contributed by atoms with Crippen LogP contribution in [0.4, 0.5) is 4.39 Å². The first-order chi connectivity index (χ1) is 5.88. The Hall–Kier alpha value is -0.150. The van der Waals surface area contributed by atoms with Gasteiger partial charge in [0.15, 0.2) is 0 Å². The highest BCUT2D eigenvalue weighted by atomic mass is 19.1. The molecule has 1 saturated heterocycles. The molecule has 1 heterocycles. The van der Waals surface area contributed by atoms with Crippen LogP contribution in [0.5, 0.6) is 0 Å². The minimum Gasteiger partial charge on any atom is -0.374 e. The van der Waals surface area contributed by atoms with Gasteiger partial charge in [-0.25, -0.2) is 4.39 Å². The normalized spacial score (nSPS) is 31.2. The molecule has 0 unspecified atom stereocenters. The van der Waals surface area contributed by atoms with Gasteiger partial charge in [0.25, 0.3) is 0 Å². The Kier molecular flexibility index (Phi) is 3.30. The molecule has 0 aromatic heterocycles. The van der Waals surface area contributed by atoms with E-state index in [0.29, 0.717) is 19.6 Å². The van der Waals surface area contributed by atoms with Gasteiger partial charge in [0.1, 0.15) is 6.17 Å². The standard InChI is InChI=1S/C10H20FNO/c1-10(2,3)13-7-9-5-8(11)6-12(9)4/h8-9H,5-7H2,1-4H3/t8-,9-/m1/s1. The number of alkyl halides is 1. The molecular formula is C10H20FNO. The van der Waals surface area contributed by atoms with Crippen molar-refractivity contribution < 1.29 is 9.13 Å². The fourth-order valence-corrected chi connectivity index (χ4v) is 1.55. The molecule has 0 saturated carbocycles. The molecule has 3 heteroatoms. The van der Waals surface area contributed by atoms with Gasteiger partial charge in [-0.2, -0.15) is 0 Å². The second-order valence-electron chi connectivity index (χ2n) is 4.85. The van der Waals surface area contributed by atoms with Crippen LogP contribution in [0.1, 0.15) is 27.2 Å². The SMILES string of the molecule is CN1C[C@H](F)C[C@@H]1COC(C)(C)C. The number of likely N-dealkylation sites (N-methyl/N-ethyl adjacent to an activating group) is 1. The molecule has 0 aromatic carbocycles. The quantitative estimate of drug-likeness (QED) is 0.657. The van der Waals surface area contributed by atoms with Gasteiger partial charge < -0.3 is 4.74 Å². The Morgan fingerprint density at radius 1 is 1.46 bits per heavy atom. The molecular weight excluding hydrogens is 169 g/mol. The van der Waals surface area contributed by atoms with Crippen LogP contribution in [0, 0.1) is 0 Å². The van der Waals surface area contributed by atoms with Crippen LogP contribution in [0.15, 0.2) is 0 Å². The molecule has 1 aliphatic heterocycles. The van der Waals surface area contributed by atoms with E-state index >= 15 is 0 Å². The lowest BCUT2D eigenvalue weighted by Crippen LogP contribution is -2.33. The maximum absolute atomic E-state index is 12.9. The van der Waals surface area contributed by atoms with E-state index in [0.717, 1.165) is 0 Å². The lowest BCUT2D eigenvalue weighted by Gasteiger charge is -2.25. The molecule has 0 bridgehead atoms. The highest BCUT2D eigenvalue weighted by molar-refractivity contribution is 4.83. The fraction of sp³-hybridized carbons (Fsp3) is 1.00. The van der Waals surface area contributed by atoms with Crippen molar-refractivity contribution in [2.75, 3.05) is 20.2 Å². The number of hydrogen-bond donors (Lipinski definition) is 0. The molecule has 1 rings (SSSR count). The largest absolute Gasteiger partial charge is 0.374 e. The van der Waals surface area contributed by atoms with Crippen molar-refractivity contribution in [2.45, 2.75) is 45.0 Å². The van der Waals surface area contributed by atoms with Gasteiger partial charge in [-0.15, -0.1) is 0 Å². The fourth-order valence-electron chi connectivity index (χ4n) is 1.55. The zero-order valence-corrected chi connectivity index (χ0v) is 9.01. The number of ether oxygens (including phenoxy) is 1. The highest BCUT2D eigenvalue weighted by Crippen LogP contribution is 2.20. The molecule has 2 nitrogen and oxygen atoms in total. The van der Waals surface area contributed by atoms with E-state index in [1.807, 2.05) is 32.7 Å². The Labute approximate surface area is 80.1 Å². The topological polar surface area (TPSA) is 12.5 Å². The molecule has 0 amide bonds. The van der Waals surface area contributed by atoms with Gasteiger partial charge in [-0.3, -0.25) is 4.90 Å². The molecule has 1 aliphatic rings. The average molecular weight is 189 g/mol. The summed E-state index contributed by atoms with van der Waals surface area (Å²) in [6.07, 6.45) is -0.0504. The van der Waals surface area contributed by atoms with Gasteiger partial charge in [-0.05, 0) is 34.2 Å². The molecule has 2 atom stereocenters. The Balaban J connectivity index is 2.30. The Morgan fingerprint density at radius 3 is 2.46 bits per heavy atom. The van der Waals surface area contributed by atoms with Gasteiger partial charge >= 0.3 is 0 Å². The van der Waals surface area contributed by atoms with E-state index in [1.165, 1.54) is 0 Å². The summed E-state index contributed by atoms with van der Waals surface area (Å²) in [6.45, 7) is 7.26. The van der Waals surface area contributed by atoms with Gasteiger partial charge in [-0.1, -0.05) is 0 Å². The third kappa shape index (κ3) is 3.61. The summed E-state index contributed by atoms with van der Waals surface area (Å²) >= 11 is 0. The molecule has 1 fully saturated rings. The maximum Gasteiger partial charge on any atom is 0.114 e. The number of rotatable bonds is 2. The molecule has 78 valence electrons. The molecule has 13 heavy (non-hydrogen) atoms. The first-order valence-corrected chi connectivity index (χ1v) is 4.87. The van der Waals surface area contributed by atoms with Crippen molar-refractivity contribution in [3.05, 3.63) is 0 Å². The number of halogens is 1. The summed E-state index contributed by atoms with van der Waals surface area (Å²) in [7, 11) is 1.95. The molecule has 0 radical (unpaired) electrons. The smallest absolute Gasteiger partial charge is 0.114 e. The maximum atomic E-state index is 12.9. The van der Waals surface area contributed by atoms with E-state index in [4.69, 9.17) is 4.74 Å². The van der Waals surface area contributed by atoms with Crippen molar-refractivity contribution in [1.82, 2.24) is 4.90 Å². The summed E-state index contributed by atoms with van der Waals surface area (Å²) in [5, 5.41) is 0. The van der Waals surface area contributed by atoms with Crippen molar-refractivity contribution in [1.29, 1.82) is 0 Å². The first kappa shape index (κ1) is 10.9. The lowest BCUT2D eigenvalue weighted by atomic mass is 10.2. The first-order valence-electron chi connectivity index (χ1n) is 4.87. The van der Waals surface area contributed by atoms with E-state index in [2.05, 4.69) is 0 Å². The van der Waals surface area contributed by atoms with Crippen LogP contribution >= 0.6 is 0 Å². The predicted molar refractivity (Wildman–Crippen MR) is 51.6 cm³/mol. The second kappa shape index (κ2) is 3.93. The van der Waals surface area contributed by atoms with Gasteiger partial charge in [0, 0.05) is 12.6 Å². The number of likely N-dealkylation sites (tertiary alicyclic amines) is 1. The Bertz CT molecular complexity index is 167. The summed E-state index contributed by atoms with van der Waals surface area (Å²) in [6, 6.07) is 0.259. The van der Waals surface area contributed by atoms with Crippen LogP contribution in [-0.2, 0) is 4.74 Å². The van der Waals surface area contributed by atoms with E-state index in [9.17, 15) is 4.39 Å². The van der Waals surface area contributed by atoms with Crippen molar-refractivity contribution >= 4 is 0 Å². The van der Waals surface area contributed by atoms with E-state index in [1.54, 1.807) is 0 Å². The van der Waals surface area contributed by atoms with Crippen LogP contribution in [0.3, 0.4) is 0 Å². The van der Waals surface area contributed by atoms with Crippen LogP contribution < -0.4 is 0 Å². The predicted octanol–water partition coefficient (Wildman–Crippen LogP) is 1.84. The monoisotopic (exact) mass is 189 g/mol. The average Bonchev–Trinajstić information content (AvgIpc) is 2.24. The van der Waals surface area contributed by atoms with Crippen LogP contribution in [0.25, 0.3) is 0 Å². The third-order valence-electron chi connectivity index (χ3n) is 2.35. The summed E-state index contributed by atoms with van der Waals surface area (Å²) in [4.78, 5) is 2.04. The lowest BCUT2D eigenvalue weighted by molar-refractivity contribution is -0.0253. The van der Waals surface area contributed by atoms with E-state index in [-0.39, 0.29) is 11.6 Å². The van der Waals surface area contributed by atoms with E-state index < -0.39 is 6.17 Å². The summed E-state index contributed by atoms with van der Waals surface area (Å²) < 4.78 is 18.6. The minimum atomic E-state index is -0.668. The Morgan fingerprint density at radius 2 is 2.08 bits per heavy atom. The summed E-state index contributed by atoms with van der Waals surface area (Å²) in [5.74, 6) is 0. The van der Waals surface area contributed by atoms with Gasteiger partial charge in [0.2, 0.25) is 0 Å². The molecule has 0 spiro atoms. The number of nitrogens with zero attached hydrogens (tertiary/aromatic N) is 1.